The number of hydrogen-bond acceptors (Lipinski definition) is 1. The fraction of sp³-hybridized carbons (Fsp3) is 0.154. The van der Waals surface area contributed by atoms with Crippen LogP contribution in [-0.2, 0) is 0 Å². The van der Waals surface area contributed by atoms with Crippen molar-refractivity contribution in [2.24, 2.45) is 0 Å². The van der Waals surface area contributed by atoms with Gasteiger partial charge < -0.3 is 0 Å². The highest BCUT2D eigenvalue weighted by molar-refractivity contribution is 9.09. The van der Waals surface area contributed by atoms with Gasteiger partial charge in [-0.3, -0.25) is 0 Å². The molecule has 3 heteroatoms. The number of halogens is 1. The quantitative estimate of drug-likeness (QED) is 0.608. The highest BCUT2D eigenvalue weighted by Crippen LogP contribution is 2.07. The molecule has 80 valence electrons. The summed E-state index contributed by atoms with van der Waals surface area (Å²) < 4.78 is 1.83. The number of alkyl halides is 1. The average Bonchev–Trinajstić information content (AvgIpc) is 2.84. The molecular formula is C13H11BrN2. The lowest BCUT2D eigenvalue weighted by molar-refractivity contribution is 0.880. The number of nitrogens with zero attached hydrogens (tertiary/aromatic N) is 2. The third-order valence-corrected chi connectivity index (χ3v) is 2.48. The van der Waals surface area contributed by atoms with Crippen molar-refractivity contribution >= 4 is 15.9 Å². The maximum atomic E-state index is 4.17. The Morgan fingerprint density at radius 1 is 1.25 bits per heavy atom. The molecule has 1 aromatic carbocycles. The minimum absolute atomic E-state index is 0.876. The van der Waals surface area contributed by atoms with E-state index in [1.165, 1.54) is 0 Å². The van der Waals surface area contributed by atoms with E-state index in [0.717, 1.165) is 23.0 Å². The Balaban J connectivity index is 2.15. The zero-order valence-corrected chi connectivity index (χ0v) is 10.3. The summed E-state index contributed by atoms with van der Waals surface area (Å²) in [7, 11) is 0. The van der Waals surface area contributed by atoms with E-state index in [4.69, 9.17) is 0 Å². The van der Waals surface area contributed by atoms with Crippen LogP contribution in [-0.4, -0.2) is 15.1 Å². The Morgan fingerprint density at radius 3 is 2.69 bits per heavy atom. The fourth-order valence-corrected chi connectivity index (χ4v) is 1.53. The first kappa shape index (κ1) is 11.0. The van der Waals surface area contributed by atoms with Crippen LogP contribution in [0.2, 0.25) is 0 Å². The number of benzene rings is 1. The number of aromatic nitrogens is 2. The van der Waals surface area contributed by atoms with Gasteiger partial charge in [0.2, 0.25) is 0 Å². The second-order valence-electron chi connectivity index (χ2n) is 3.24. The smallest absolute Gasteiger partial charge is 0.0646 e. The van der Waals surface area contributed by atoms with Gasteiger partial charge in [0.1, 0.15) is 0 Å². The summed E-state index contributed by atoms with van der Waals surface area (Å²) >= 11 is 3.35. The summed E-state index contributed by atoms with van der Waals surface area (Å²) in [6.45, 7) is 0. The Hall–Kier alpha value is -1.53. The molecule has 0 amide bonds. The van der Waals surface area contributed by atoms with E-state index in [9.17, 15) is 0 Å². The predicted molar refractivity (Wildman–Crippen MR) is 68.9 cm³/mol. The van der Waals surface area contributed by atoms with Gasteiger partial charge in [-0.1, -0.05) is 27.8 Å². The Bertz CT molecular complexity index is 489. The summed E-state index contributed by atoms with van der Waals surface area (Å²) in [4.78, 5) is 0. The lowest BCUT2D eigenvalue weighted by Gasteiger charge is -2.00. The molecule has 0 aliphatic rings. The van der Waals surface area contributed by atoms with Crippen LogP contribution in [0, 0.1) is 11.8 Å². The Kier molecular flexibility index (Phi) is 3.79. The molecule has 0 N–H and O–H groups in total. The molecule has 0 unspecified atom stereocenters. The lowest BCUT2D eigenvalue weighted by Crippen LogP contribution is -1.93. The molecule has 2 nitrogen and oxygen atoms in total. The molecule has 1 heterocycles. The first-order chi connectivity index (χ1) is 7.90. The number of hydrogen-bond donors (Lipinski definition) is 0. The molecule has 0 aliphatic carbocycles. The van der Waals surface area contributed by atoms with Crippen LogP contribution in [0.5, 0.6) is 0 Å². The molecule has 0 spiro atoms. The highest BCUT2D eigenvalue weighted by atomic mass is 79.9. The molecule has 0 saturated heterocycles. The van der Waals surface area contributed by atoms with Gasteiger partial charge in [-0.2, -0.15) is 5.10 Å². The third kappa shape index (κ3) is 2.74. The normalized spacial score (nSPS) is 9.56. The third-order valence-electron chi connectivity index (χ3n) is 2.09. The maximum Gasteiger partial charge on any atom is 0.0646 e. The van der Waals surface area contributed by atoms with Crippen LogP contribution in [0.4, 0.5) is 0 Å². The van der Waals surface area contributed by atoms with Gasteiger partial charge in [0.05, 0.1) is 5.69 Å². The van der Waals surface area contributed by atoms with Crippen molar-refractivity contribution in [3.05, 3.63) is 48.3 Å². The van der Waals surface area contributed by atoms with Crippen molar-refractivity contribution in [3.63, 3.8) is 0 Å². The maximum absolute atomic E-state index is 4.17. The fourth-order valence-electron chi connectivity index (χ4n) is 1.33. The van der Waals surface area contributed by atoms with Crippen LogP contribution in [0.25, 0.3) is 5.69 Å². The number of rotatable bonds is 2. The molecular weight excluding hydrogens is 264 g/mol. The Labute approximate surface area is 103 Å². The van der Waals surface area contributed by atoms with Gasteiger partial charge in [0.25, 0.3) is 0 Å². The van der Waals surface area contributed by atoms with Gasteiger partial charge in [-0.15, -0.1) is 0 Å². The van der Waals surface area contributed by atoms with E-state index in [1.54, 1.807) is 6.20 Å². The van der Waals surface area contributed by atoms with Crippen LogP contribution in [0.15, 0.2) is 42.7 Å². The van der Waals surface area contributed by atoms with Gasteiger partial charge in [-0.25, -0.2) is 4.68 Å². The molecule has 2 aromatic rings. The molecule has 0 bridgehead atoms. The highest BCUT2D eigenvalue weighted by Gasteiger charge is 1.94. The zero-order chi connectivity index (χ0) is 11.2. The molecule has 0 atom stereocenters. The molecule has 0 aliphatic heterocycles. The van der Waals surface area contributed by atoms with Gasteiger partial charge >= 0.3 is 0 Å². The molecule has 1 aromatic heterocycles. The van der Waals surface area contributed by atoms with Crippen molar-refractivity contribution in [3.8, 4) is 17.5 Å². The van der Waals surface area contributed by atoms with Crippen molar-refractivity contribution in [2.45, 2.75) is 6.42 Å². The molecule has 0 fully saturated rings. The van der Waals surface area contributed by atoms with Crippen LogP contribution in [0.1, 0.15) is 12.0 Å². The summed E-state index contributed by atoms with van der Waals surface area (Å²) in [5.41, 5.74) is 2.09. The zero-order valence-electron chi connectivity index (χ0n) is 8.73. The molecule has 0 saturated carbocycles. The average molecular weight is 275 g/mol. The summed E-state index contributed by atoms with van der Waals surface area (Å²) in [6, 6.07) is 9.97. The van der Waals surface area contributed by atoms with E-state index in [-0.39, 0.29) is 0 Å². The van der Waals surface area contributed by atoms with Crippen molar-refractivity contribution in [1.82, 2.24) is 9.78 Å². The molecule has 0 radical (unpaired) electrons. The molecule has 2 rings (SSSR count). The Morgan fingerprint density at radius 2 is 2.06 bits per heavy atom. The molecule has 16 heavy (non-hydrogen) atoms. The largest absolute Gasteiger partial charge is 0.241 e. The minimum atomic E-state index is 0.876. The monoisotopic (exact) mass is 274 g/mol. The predicted octanol–water partition coefficient (Wildman–Crippen LogP) is 3.01. The van der Waals surface area contributed by atoms with Crippen LogP contribution in [0.3, 0.4) is 0 Å². The minimum Gasteiger partial charge on any atom is -0.241 e. The van der Waals surface area contributed by atoms with Gasteiger partial charge in [0, 0.05) is 29.7 Å². The van der Waals surface area contributed by atoms with Crippen molar-refractivity contribution < 1.29 is 0 Å². The van der Waals surface area contributed by atoms with Crippen molar-refractivity contribution in [2.75, 3.05) is 5.33 Å². The van der Waals surface area contributed by atoms with E-state index < -0.39 is 0 Å². The standard InChI is InChI=1S/C13H11BrN2/c14-9-2-1-4-12-5-7-13(8-6-12)16-11-3-10-15-16/h3,5-8,10-11H,2,9H2. The summed E-state index contributed by atoms with van der Waals surface area (Å²) in [6.07, 6.45) is 4.57. The lowest BCUT2D eigenvalue weighted by atomic mass is 10.2. The second-order valence-corrected chi connectivity index (χ2v) is 4.03. The van der Waals surface area contributed by atoms with Crippen LogP contribution < -0.4 is 0 Å². The van der Waals surface area contributed by atoms with E-state index >= 15 is 0 Å². The van der Waals surface area contributed by atoms with Crippen LogP contribution >= 0.6 is 15.9 Å². The van der Waals surface area contributed by atoms with E-state index in [1.807, 2.05) is 41.2 Å². The first-order valence-corrected chi connectivity index (χ1v) is 6.17. The first-order valence-electron chi connectivity index (χ1n) is 5.05. The summed E-state index contributed by atoms with van der Waals surface area (Å²) in [5.74, 6) is 6.19. The topological polar surface area (TPSA) is 17.8 Å². The van der Waals surface area contributed by atoms with Gasteiger partial charge in [0.15, 0.2) is 0 Å². The van der Waals surface area contributed by atoms with Gasteiger partial charge in [-0.05, 0) is 30.3 Å². The van der Waals surface area contributed by atoms with E-state index in [0.29, 0.717) is 0 Å². The SMILES string of the molecule is BrCCC#Cc1ccc(-n2cccn2)cc1. The summed E-state index contributed by atoms with van der Waals surface area (Å²) in [5, 5.41) is 5.09. The van der Waals surface area contributed by atoms with E-state index in [2.05, 4.69) is 32.9 Å². The second kappa shape index (κ2) is 5.53. The van der Waals surface area contributed by atoms with Crippen molar-refractivity contribution in [1.29, 1.82) is 0 Å².